The van der Waals surface area contributed by atoms with Gasteiger partial charge in [-0.1, -0.05) is 29.8 Å². The average Bonchev–Trinajstić information content (AvgIpc) is 2.65. The van der Waals surface area contributed by atoms with Crippen LogP contribution in [-0.4, -0.2) is 42.5 Å². The molecule has 1 aliphatic rings. The molecule has 0 spiro atoms. The number of nitrogens with zero attached hydrogens (tertiary/aromatic N) is 2. The number of hydrogen-bond acceptors (Lipinski definition) is 2. The Labute approximate surface area is 162 Å². The lowest BCUT2D eigenvalue weighted by atomic mass is 9.98. The summed E-state index contributed by atoms with van der Waals surface area (Å²) >= 11 is 6.02. The number of piperazine rings is 1. The maximum absolute atomic E-state index is 13.7. The molecule has 0 saturated carbocycles. The molecule has 1 aliphatic heterocycles. The van der Waals surface area contributed by atoms with Gasteiger partial charge in [0.1, 0.15) is 11.6 Å². The summed E-state index contributed by atoms with van der Waals surface area (Å²) in [5.74, 6) is -0.798. The number of urea groups is 1. The van der Waals surface area contributed by atoms with Gasteiger partial charge in [0.05, 0.1) is 11.1 Å². The lowest BCUT2D eigenvalue weighted by molar-refractivity contribution is 0.126. The Morgan fingerprint density at radius 1 is 1.33 bits per heavy atom. The Morgan fingerprint density at radius 2 is 2.11 bits per heavy atom. The van der Waals surface area contributed by atoms with Crippen LogP contribution in [0.2, 0.25) is 5.02 Å². The first kappa shape index (κ1) is 19.6. The van der Waals surface area contributed by atoms with Crippen molar-refractivity contribution in [2.75, 3.05) is 26.7 Å². The Hall–Kier alpha value is -2.18. The minimum Gasteiger partial charge on any atom is -0.323 e. The molecule has 1 saturated heterocycles. The summed E-state index contributed by atoms with van der Waals surface area (Å²) in [6.07, 6.45) is 0. The second-order valence-electron chi connectivity index (χ2n) is 6.77. The van der Waals surface area contributed by atoms with E-state index in [-0.39, 0.29) is 29.5 Å². The number of benzene rings is 2. The first-order chi connectivity index (χ1) is 12.9. The molecule has 1 atom stereocenters. The smallest absolute Gasteiger partial charge is 0.320 e. The van der Waals surface area contributed by atoms with Crippen LogP contribution in [0.4, 0.5) is 13.6 Å². The molecule has 7 heteroatoms. The summed E-state index contributed by atoms with van der Waals surface area (Å²) in [7, 11) is 1.67. The molecule has 1 heterocycles. The minimum absolute atomic E-state index is 0.0309. The van der Waals surface area contributed by atoms with Crippen molar-refractivity contribution < 1.29 is 13.6 Å². The number of amides is 2. The Bertz CT molecular complexity index is 846. The fourth-order valence-corrected chi connectivity index (χ4v) is 3.62. The van der Waals surface area contributed by atoms with E-state index in [9.17, 15) is 13.6 Å². The number of hydrogen-bond donors (Lipinski definition) is 1. The van der Waals surface area contributed by atoms with E-state index in [4.69, 9.17) is 11.6 Å². The van der Waals surface area contributed by atoms with Crippen molar-refractivity contribution in [2.45, 2.75) is 19.5 Å². The fraction of sp³-hybridized carbons (Fsp3) is 0.350. The van der Waals surface area contributed by atoms with Gasteiger partial charge < -0.3 is 15.1 Å². The zero-order chi connectivity index (χ0) is 19.6. The fourth-order valence-electron chi connectivity index (χ4n) is 3.44. The SMILES string of the molecule is Cc1cc(F)ccc1[C@H]1CNCCN1C(=O)N(C)Cc1cccc(F)c1Cl. The molecule has 1 fully saturated rings. The van der Waals surface area contributed by atoms with Gasteiger partial charge in [0.15, 0.2) is 0 Å². The van der Waals surface area contributed by atoms with Gasteiger partial charge in [0.25, 0.3) is 0 Å². The van der Waals surface area contributed by atoms with Gasteiger partial charge in [-0.3, -0.25) is 0 Å². The van der Waals surface area contributed by atoms with Crippen LogP contribution in [0.1, 0.15) is 22.7 Å². The molecular formula is C20H22ClF2N3O. The van der Waals surface area contributed by atoms with Gasteiger partial charge >= 0.3 is 6.03 Å². The summed E-state index contributed by atoms with van der Waals surface area (Å²) in [5.41, 5.74) is 2.27. The van der Waals surface area contributed by atoms with E-state index in [1.165, 1.54) is 23.1 Å². The van der Waals surface area contributed by atoms with Crippen molar-refractivity contribution in [2.24, 2.45) is 0 Å². The van der Waals surface area contributed by atoms with Crippen LogP contribution in [0.3, 0.4) is 0 Å². The summed E-state index contributed by atoms with van der Waals surface area (Å²) in [4.78, 5) is 16.4. The van der Waals surface area contributed by atoms with Crippen LogP contribution < -0.4 is 5.32 Å². The molecule has 0 unspecified atom stereocenters. The maximum Gasteiger partial charge on any atom is 0.320 e. The summed E-state index contributed by atoms with van der Waals surface area (Å²) in [5, 5.41) is 3.32. The number of carbonyl (C=O) groups is 1. The highest BCUT2D eigenvalue weighted by Gasteiger charge is 2.31. The third kappa shape index (κ3) is 4.22. The van der Waals surface area contributed by atoms with Gasteiger partial charge in [0.2, 0.25) is 0 Å². The molecule has 4 nitrogen and oxygen atoms in total. The molecule has 0 aromatic heterocycles. The highest BCUT2D eigenvalue weighted by Crippen LogP contribution is 2.27. The lowest BCUT2D eigenvalue weighted by Gasteiger charge is -2.39. The molecule has 144 valence electrons. The minimum atomic E-state index is -0.503. The molecule has 2 aromatic rings. The van der Waals surface area contributed by atoms with E-state index in [0.717, 1.165) is 11.1 Å². The van der Waals surface area contributed by atoms with Crippen LogP contribution in [0.5, 0.6) is 0 Å². The van der Waals surface area contributed by atoms with E-state index < -0.39 is 5.82 Å². The molecule has 0 radical (unpaired) electrons. The van der Waals surface area contributed by atoms with Gasteiger partial charge in [-0.15, -0.1) is 0 Å². The monoisotopic (exact) mass is 393 g/mol. The van der Waals surface area contributed by atoms with Crippen molar-refractivity contribution >= 4 is 17.6 Å². The van der Waals surface area contributed by atoms with Crippen molar-refractivity contribution in [3.8, 4) is 0 Å². The Balaban J connectivity index is 1.81. The van der Waals surface area contributed by atoms with Gasteiger partial charge in [0, 0.05) is 33.2 Å². The van der Waals surface area contributed by atoms with E-state index in [1.54, 1.807) is 30.1 Å². The molecule has 0 bridgehead atoms. The van der Waals surface area contributed by atoms with Gasteiger partial charge in [-0.2, -0.15) is 0 Å². The number of rotatable bonds is 3. The second kappa shape index (κ2) is 8.23. The number of halogens is 3. The third-order valence-electron chi connectivity index (χ3n) is 4.85. The quantitative estimate of drug-likeness (QED) is 0.851. The predicted octanol–water partition coefficient (Wildman–Crippen LogP) is 4.12. The van der Waals surface area contributed by atoms with Gasteiger partial charge in [-0.05, 0) is 41.8 Å². The van der Waals surface area contributed by atoms with E-state index in [1.807, 2.05) is 6.92 Å². The van der Waals surface area contributed by atoms with Crippen molar-refractivity contribution in [1.29, 1.82) is 0 Å². The summed E-state index contributed by atoms with van der Waals surface area (Å²) < 4.78 is 27.1. The van der Waals surface area contributed by atoms with Crippen molar-refractivity contribution in [3.63, 3.8) is 0 Å². The first-order valence-electron chi connectivity index (χ1n) is 8.80. The number of aryl methyl sites for hydroxylation is 1. The summed E-state index contributed by atoms with van der Waals surface area (Å²) in [6, 6.07) is 8.81. The number of nitrogens with one attached hydrogen (secondary N) is 1. The normalized spacial score (nSPS) is 17.1. The van der Waals surface area contributed by atoms with Gasteiger partial charge in [-0.25, -0.2) is 13.6 Å². The topological polar surface area (TPSA) is 35.6 Å². The third-order valence-corrected chi connectivity index (χ3v) is 5.27. The Kier molecular flexibility index (Phi) is 5.97. The molecule has 3 rings (SSSR count). The van der Waals surface area contributed by atoms with E-state index in [0.29, 0.717) is 25.2 Å². The van der Waals surface area contributed by atoms with E-state index >= 15 is 0 Å². The lowest BCUT2D eigenvalue weighted by Crippen LogP contribution is -2.52. The standard InChI is InChI=1S/C20H22ClF2N3O/c1-13-10-15(22)6-7-16(13)18-11-24-8-9-26(18)20(27)25(2)12-14-4-3-5-17(23)19(14)21/h3-7,10,18,24H,8-9,11-12H2,1-2H3/t18-/m1/s1. The van der Waals surface area contributed by atoms with Crippen LogP contribution in [0.15, 0.2) is 36.4 Å². The highest BCUT2D eigenvalue weighted by molar-refractivity contribution is 6.31. The van der Waals surface area contributed by atoms with Crippen LogP contribution in [-0.2, 0) is 6.54 Å². The molecule has 27 heavy (non-hydrogen) atoms. The number of carbonyl (C=O) groups excluding carboxylic acids is 1. The zero-order valence-electron chi connectivity index (χ0n) is 15.3. The predicted molar refractivity (Wildman–Crippen MR) is 102 cm³/mol. The van der Waals surface area contributed by atoms with Crippen LogP contribution in [0, 0.1) is 18.6 Å². The largest absolute Gasteiger partial charge is 0.323 e. The Morgan fingerprint density at radius 3 is 2.85 bits per heavy atom. The highest BCUT2D eigenvalue weighted by atomic mass is 35.5. The molecular weight excluding hydrogens is 372 g/mol. The summed E-state index contributed by atoms with van der Waals surface area (Å²) in [6.45, 7) is 3.84. The first-order valence-corrected chi connectivity index (χ1v) is 9.17. The van der Waals surface area contributed by atoms with Crippen molar-refractivity contribution in [3.05, 3.63) is 69.7 Å². The molecule has 0 aliphatic carbocycles. The molecule has 2 amide bonds. The van der Waals surface area contributed by atoms with Crippen LogP contribution >= 0.6 is 11.6 Å². The van der Waals surface area contributed by atoms with Crippen LogP contribution in [0.25, 0.3) is 0 Å². The van der Waals surface area contributed by atoms with E-state index in [2.05, 4.69) is 5.32 Å². The molecule has 1 N–H and O–H groups in total. The maximum atomic E-state index is 13.7. The molecule has 2 aromatic carbocycles. The zero-order valence-corrected chi connectivity index (χ0v) is 16.1. The van der Waals surface area contributed by atoms with Crippen molar-refractivity contribution in [1.82, 2.24) is 15.1 Å². The average molecular weight is 394 g/mol. The second-order valence-corrected chi connectivity index (χ2v) is 7.14.